The van der Waals surface area contributed by atoms with Crippen molar-refractivity contribution in [2.45, 2.75) is 62.6 Å². The van der Waals surface area contributed by atoms with Crippen LogP contribution in [0.3, 0.4) is 0 Å². The minimum absolute atomic E-state index is 0.00150. The van der Waals surface area contributed by atoms with Gasteiger partial charge in [0.15, 0.2) is 11.5 Å². The quantitative estimate of drug-likeness (QED) is 0.191. The first-order valence-electron chi connectivity index (χ1n) is 15.0. The monoisotopic (exact) mass is 662 g/mol. The first-order chi connectivity index (χ1) is 20.8. The van der Waals surface area contributed by atoms with Gasteiger partial charge in [-0.15, -0.1) is 11.3 Å². The van der Waals surface area contributed by atoms with E-state index in [1.165, 1.54) is 12.5 Å². The van der Waals surface area contributed by atoms with Gasteiger partial charge < -0.3 is 19.5 Å². The maximum Gasteiger partial charge on any atom is 0.308 e. The van der Waals surface area contributed by atoms with Gasteiger partial charge in [0.05, 0.1) is 6.04 Å². The molecule has 9 heteroatoms. The van der Waals surface area contributed by atoms with Gasteiger partial charge >= 0.3 is 5.97 Å². The Morgan fingerprint density at radius 3 is 2.81 bits per heavy atom. The fourth-order valence-corrected chi connectivity index (χ4v) is 9.67. The summed E-state index contributed by atoms with van der Waals surface area (Å²) in [6, 6.07) is 14.2. The highest BCUT2D eigenvalue weighted by molar-refractivity contribution is 9.10. The number of benzene rings is 2. The van der Waals surface area contributed by atoms with Crippen LogP contribution in [0.25, 0.3) is 6.08 Å². The summed E-state index contributed by atoms with van der Waals surface area (Å²) in [4.78, 5) is 31.1. The van der Waals surface area contributed by atoms with E-state index in [1.54, 1.807) is 23.5 Å². The molecule has 1 spiro atoms. The Bertz CT molecular complexity index is 1610. The third kappa shape index (κ3) is 4.80. The molecule has 1 aromatic heterocycles. The Hall–Kier alpha value is -3.14. The largest absolute Gasteiger partial charge is 0.504 e. The first-order valence-corrected chi connectivity index (χ1v) is 16.6. The van der Waals surface area contributed by atoms with Gasteiger partial charge in [0, 0.05) is 70.0 Å². The van der Waals surface area contributed by atoms with Gasteiger partial charge in [-0.3, -0.25) is 14.5 Å². The lowest BCUT2D eigenvalue weighted by atomic mass is 9.50. The van der Waals surface area contributed by atoms with Gasteiger partial charge in [0.25, 0.3) is 0 Å². The number of rotatable bonds is 7. The lowest BCUT2D eigenvalue weighted by Crippen LogP contribution is -2.69. The van der Waals surface area contributed by atoms with Crippen LogP contribution in [-0.2, 0) is 27.8 Å². The van der Waals surface area contributed by atoms with E-state index in [4.69, 9.17) is 9.47 Å². The van der Waals surface area contributed by atoms with Gasteiger partial charge in [0.1, 0.15) is 11.9 Å². The van der Waals surface area contributed by atoms with Crippen molar-refractivity contribution in [2.24, 2.45) is 5.92 Å². The number of amides is 1. The van der Waals surface area contributed by atoms with Gasteiger partial charge in [-0.2, -0.15) is 0 Å². The molecule has 1 saturated heterocycles. The molecule has 1 N–H and O–H groups in total. The Morgan fingerprint density at radius 2 is 2.07 bits per heavy atom. The summed E-state index contributed by atoms with van der Waals surface area (Å²) in [6.45, 7) is 3.25. The molecule has 5 atom stereocenters. The summed E-state index contributed by atoms with van der Waals surface area (Å²) < 4.78 is 13.5. The molecule has 2 aromatic carbocycles. The summed E-state index contributed by atoms with van der Waals surface area (Å²) in [5.74, 6) is 0.760. The highest BCUT2D eigenvalue weighted by atomic mass is 79.9. The van der Waals surface area contributed by atoms with Crippen molar-refractivity contribution in [3.8, 4) is 17.2 Å². The number of piperidine rings is 1. The number of hydrogen-bond acceptors (Lipinski definition) is 7. The molecule has 4 aliphatic rings. The second kappa shape index (κ2) is 11.1. The Balaban J connectivity index is 1.24. The van der Waals surface area contributed by atoms with Gasteiger partial charge in [-0.25, -0.2) is 0 Å². The zero-order valence-corrected chi connectivity index (χ0v) is 26.7. The summed E-state index contributed by atoms with van der Waals surface area (Å²) in [5.41, 5.74) is 2.92. The minimum Gasteiger partial charge on any atom is -0.504 e. The highest BCUT2D eigenvalue weighted by Crippen LogP contribution is 2.65. The number of carbonyl (C=O) groups is 2. The second-order valence-corrected chi connectivity index (χ2v) is 14.1. The van der Waals surface area contributed by atoms with Gasteiger partial charge in [-0.05, 0) is 78.2 Å². The lowest BCUT2D eigenvalue weighted by molar-refractivity contribution is -0.135. The maximum atomic E-state index is 13.5. The molecule has 43 heavy (non-hydrogen) atoms. The summed E-state index contributed by atoms with van der Waals surface area (Å²) >= 11 is 5.06. The average molecular weight is 664 g/mol. The van der Waals surface area contributed by atoms with E-state index < -0.39 is 5.97 Å². The Labute approximate surface area is 264 Å². The number of phenols is 1. The summed E-state index contributed by atoms with van der Waals surface area (Å²) in [6.07, 6.45) is 7.54. The van der Waals surface area contributed by atoms with Crippen molar-refractivity contribution in [3.05, 3.63) is 80.0 Å². The number of aromatic hydroxyl groups is 1. The smallest absolute Gasteiger partial charge is 0.308 e. The molecular weight excluding hydrogens is 628 g/mol. The molecule has 0 unspecified atom stereocenters. The normalized spacial score (nSPS) is 27.0. The van der Waals surface area contributed by atoms with E-state index in [1.807, 2.05) is 35.5 Å². The lowest BCUT2D eigenvalue weighted by Gasteiger charge is -2.60. The van der Waals surface area contributed by atoms with Crippen molar-refractivity contribution in [2.75, 3.05) is 20.1 Å². The summed E-state index contributed by atoms with van der Waals surface area (Å²) in [7, 11) is 1.87. The van der Waals surface area contributed by atoms with E-state index in [9.17, 15) is 14.7 Å². The summed E-state index contributed by atoms with van der Waals surface area (Å²) in [5, 5.41) is 13.2. The molecule has 1 amide bonds. The number of esters is 1. The number of hydrogen-bond donors (Lipinski definition) is 1. The molecule has 7 rings (SSSR count). The third-order valence-electron chi connectivity index (χ3n) is 10.1. The maximum absolute atomic E-state index is 13.5. The van der Waals surface area contributed by atoms with Crippen LogP contribution in [0, 0.1) is 5.92 Å². The topological polar surface area (TPSA) is 79.3 Å². The standard InChI is InChI=1S/C34H35BrN2O5S/c1-20(38)41-29-18-28(39)32-31-24(29)17-27-25-9-10-26(36(2)30(40)11-8-23-16-22(35)19-43-23)33(42-32)34(25,31)13-15-37(27)14-12-21-6-4-3-5-7-21/h3-8,11,16,18-19,25-27,33,39H,9-10,12-15,17H2,1-2H3/b11-8+/t25-,26+,27+,33-,34-/m0/s1. The van der Waals surface area contributed by atoms with Crippen LogP contribution in [0.2, 0.25) is 0 Å². The minimum atomic E-state index is -0.409. The number of carbonyl (C=O) groups excluding carboxylic acids is 2. The fourth-order valence-electron chi connectivity index (χ4n) is 8.34. The van der Waals surface area contributed by atoms with Crippen LogP contribution in [0.4, 0.5) is 0 Å². The molecule has 0 radical (unpaired) electrons. The second-order valence-electron chi connectivity index (χ2n) is 12.2. The molecule has 224 valence electrons. The van der Waals surface area contributed by atoms with Gasteiger partial charge in [0.2, 0.25) is 5.91 Å². The molecule has 7 nitrogen and oxygen atoms in total. The predicted octanol–water partition coefficient (Wildman–Crippen LogP) is 5.96. The highest BCUT2D eigenvalue weighted by Gasteiger charge is 2.67. The molecule has 1 saturated carbocycles. The Kier molecular flexibility index (Phi) is 7.38. The van der Waals surface area contributed by atoms with E-state index in [0.717, 1.165) is 65.7 Å². The zero-order valence-electron chi connectivity index (χ0n) is 24.3. The van der Waals surface area contributed by atoms with Crippen molar-refractivity contribution >= 4 is 45.2 Å². The number of nitrogens with zero attached hydrogens (tertiary/aromatic N) is 2. The van der Waals surface area contributed by atoms with E-state index >= 15 is 0 Å². The molecule has 3 heterocycles. The van der Waals surface area contributed by atoms with Crippen molar-refractivity contribution in [1.29, 1.82) is 0 Å². The number of likely N-dealkylation sites (N-methyl/N-ethyl adjacent to an activating group) is 1. The van der Waals surface area contributed by atoms with E-state index in [0.29, 0.717) is 17.4 Å². The van der Waals surface area contributed by atoms with Crippen LogP contribution in [0.5, 0.6) is 17.2 Å². The number of halogens is 1. The molecule has 3 aromatic rings. The fraction of sp³-hybridized carbons (Fsp3) is 0.412. The van der Waals surface area contributed by atoms with Crippen molar-refractivity contribution in [3.63, 3.8) is 0 Å². The number of phenolic OH excluding ortho intramolecular Hbond substituents is 1. The number of likely N-dealkylation sites (tertiary alicyclic amines) is 1. The van der Waals surface area contributed by atoms with E-state index in [2.05, 4.69) is 45.1 Å². The first kappa shape index (κ1) is 28.6. The van der Waals surface area contributed by atoms with Gasteiger partial charge in [-0.1, -0.05) is 30.3 Å². The molecule has 2 aliphatic heterocycles. The molecular formula is C34H35BrN2O5S. The van der Waals surface area contributed by atoms with Crippen LogP contribution in [0.1, 0.15) is 47.8 Å². The third-order valence-corrected chi connectivity index (χ3v) is 11.8. The van der Waals surface area contributed by atoms with Crippen LogP contribution >= 0.6 is 27.3 Å². The Morgan fingerprint density at radius 1 is 1.26 bits per heavy atom. The number of ether oxygens (including phenoxy) is 2. The van der Waals surface area contributed by atoms with E-state index in [-0.39, 0.29) is 35.3 Å². The van der Waals surface area contributed by atoms with Crippen LogP contribution in [0.15, 0.2) is 58.4 Å². The molecule has 2 fully saturated rings. The van der Waals surface area contributed by atoms with Crippen molar-refractivity contribution < 1.29 is 24.2 Å². The van der Waals surface area contributed by atoms with Crippen LogP contribution < -0.4 is 9.47 Å². The zero-order chi connectivity index (χ0) is 29.9. The molecule has 2 aliphatic carbocycles. The van der Waals surface area contributed by atoms with Crippen molar-refractivity contribution in [1.82, 2.24) is 9.80 Å². The average Bonchev–Trinajstić information content (AvgIpc) is 3.57. The predicted molar refractivity (Wildman–Crippen MR) is 170 cm³/mol. The number of thiophene rings is 1. The SMILES string of the molecule is CC(=O)Oc1cc(O)c2c3c1C[C@@H]1[C@@H]4CC[C@@H](N(C)C(=O)/C=C/c5cc(Br)cs5)[C@H](O2)[C@]34CCN1CCc1ccccc1. The van der Waals surface area contributed by atoms with Crippen LogP contribution in [-0.4, -0.2) is 65.1 Å². The molecule has 2 bridgehead atoms.